The number of rotatable bonds is 9. The predicted octanol–water partition coefficient (Wildman–Crippen LogP) is 12.4. The van der Waals surface area contributed by atoms with Crippen LogP contribution in [-0.4, -0.2) is 37.5 Å². The van der Waals surface area contributed by atoms with E-state index < -0.39 is 16.1 Å². The van der Waals surface area contributed by atoms with Crippen LogP contribution in [-0.2, 0) is 0 Å². The van der Waals surface area contributed by atoms with E-state index in [0.717, 1.165) is 28.4 Å². The molecular weight excluding hydrogens is 693 g/mol. The summed E-state index contributed by atoms with van der Waals surface area (Å²) < 4.78 is 16.7. The van der Waals surface area contributed by atoms with Crippen molar-refractivity contribution >= 4 is 58.8 Å². The molecule has 0 heterocycles. The van der Waals surface area contributed by atoms with Gasteiger partial charge in [-0.3, -0.25) is 0 Å². The molecule has 0 aliphatic carbocycles. The van der Waals surface area contributed by atoms with E-state index >= 15 is 0 Å². The van der Waals surface area contributed by atoms with Gasteiger partial charge >= 0.3 is 0 Å². The molecular formula is C49H48O3Si2. The Morgan fingerprint density at radius 2 is 0.593 bits per heavy atom. The minimum absolute atomic E-state index is 0.846. The number of hydrogen-bond acceptors (Lipinski definition) is 3. The summed E-state index contributed by atoms with van der Waals surface area (Å²) in [5, 5.41) is 10.6. The Labute approximate surface area is 321 Å². The van der Waals surface area contributed by atoms with Crippen LogP contribution in [0, 0.1) is 0 Å². The van der Waals surface area contributed by atoms with Gasteiger partial charge in [0.05, 0.1) is 37.5 Å². The second-order valence-electron chi connectivity index (χ2n) is 16.5. The van der Waals surface area contributed by atoms with E-state index in [2.05, 4.69) is 167 Å². The van der Waals surface area contributed by atoms with Crippen molar-refractivity contribution in [2.24, 2.45) is 0 Å². The zero-order valence-corrected chi connectivity index (χ0v) is 34.8. The molecule has 8 aromatic rings. The van der Waals surface area contributed by atoms with Crippen molar-refractivity contribution in [3.8, 4) is 61.8 Å². The molecule has 0 N–H and O–H groups in total. The Balaban J connectivity index is 1.54. The second-order valence-corrected chi connectivity index (χ2v) is 26.7. The normalized spacial score (nSPS) is 12.2. The zero-order chi connectivity index (χ0) is 37.9. The summed E-state index contributed by atoms with van der Waals surface area (Å²) in [6.07, 6.45) is 0. The van der Waals surface area contributed by atoms with E-state index in [4.69, 9.17) is 14.2 Å². The highest BCUT2D eigenvalue weighted by atomic mass is 28.3. The summed E-state index contributed by atoms with van der Waals surface area (Å²) >= 11 is 0. The molecule has 0 amide bonds. The van der Waals surface area contributed by atoms with Gasteiger partial charge in [-0.15, -0.1) is 0 Å². The van der Waals surface area contributed by atoms with E-state index in [-0.39, 0.29) is 0 Å². The fourth-order valence-corrected chi connectivity index (χ4v) is 10.4. The molecule has 0 spiro atoms. The molecule has 0 radical (unpaired) electrons. The van der Waals surface area contributed by atoms with Gasteiger partial charge in [0, 0.05) is 0 Å². The Hall–Kier alpha value is -5.37. The lowest BCUT2D eigenvalue weighted by atomic mass is 9.82. The summed E-state index contributed by atoms with van der Waals surface area (Å²) in [6, 6.07) is 47.3. The quantitative estimate of drug-likeness (QED) is 0.109. The maximum atomic E-state index is 5.60. The highest BCUT2D eigenvalue weighted by Gasteiger charge is 2.26. The Kier molecular flexibility index (Phi) is 8.91. The first-order valence-corrected chi connectivity index (χ1v) is 25.8. The molecule has 0 saturated heterocycles. The van der Waals surface area contributed by atoms with Gasteiger partial charge in [0.1, 0.15) is 17.2 Å². The number of benzene rings is 8. The van der Waals surface area contributed by atoms with Crippen molar-refractivity contribution in [2.45, 2.75) is 39.3 Å². The fourth-order valence-electron chi connectivity index (χ4n) is 7.91. The molecule has 0 aromatic heterocycles. The molecule has 8 rings (SSSR count). The molecule has 54 heavy (non-hydrogen) atoms. The summed E-state index contributed by atoms with van der Waals surface area (Å²) in [5.41, 5.74) is 9.69. The zero-order valence-electron chi connectivity index (χ0n) is 32.8. The van der Waals surface area contributed by atoms with Gasteiger partial charge in [0.25, 0.3) is 0 Å². The lowest BCUT2D eigenvalue weighted by Gasteiger charge is -2.26. The number of ether oxygens (including phenoxy) is 3. The van der Waals surface area contributed by atoms with Gasteiger partial charge < -0.3 is 14.2 Å². The molecule has 0 aliphatic heterocycles. The average Bonchev–Trinajstić information content (AvgIpc) is 3.18. The van der Waals surface area contributed by atoms with E-state index in [1.165, 1.54) is 76.1 Å². The Morgan fingerprint density at radius 3 is 0.852 bits per heavy atom. The highest BCUT2D eigenvalue weighted by Crippen LogP contribution is 2.48. The van der Waals surface area contributed by atoms with Crippen molar-refractivity contribution in [3.05, 3.63) is 127 Å². The Morgan fingerprint density at radius 1 is 0.315 bits per heavy atom. The topological polar surface area (TPSA) is 27.7 Å². The van der Waals surface area contributed by atoms with Gasteiger partial charge in [-0.05, 0) is 125 Å². The van der Waals surface area contributed by atoms with Crippen molar-refractivity contribution in [2.75, 3.05) is 21.3 Å². The smallest absolute Gasteiger partial charge is 0.118 e. The molecule has 8 aromatic carbocycles. The maximum absolute atomic E-state index is 5.60. The van der Waals surface area contributed by atoms with Gasteiger partial charge in [-0.2, -0.15) is 0 Å². The summed E-state index contributed by atoms with van der Waals surface area (Å²) in [6.45, 7) is 14.8. The third-order valence-corrected chi connectivity index (χ3v) is 15.1. The number of methoxy groups -OCH3 is 3. The molecule has 0 unspecified atom stereocenters. The van der Waals surface area contributed by atoms with Crippen LogP contribution >= 0.6 is 0 Å². The van der Waals surface area contributed by atoms with Crippen LogP contribution < -0.4 is 24.6 Å². The first-order chi connectivity index (χ1) is 25.9. The molecule has 270 valence electrons. The monoisotopic (exact) mass is 740 g/mol. The van der Waals surface area contributed by atoms with Crippen LogP contribution in [0.5, 0.6) is 17.2 Å². The van der Waals surface area contributed by atoms with Crippen molar-refractivity contribution in [1.29, 1.82) is 0 Å². The largest absolute Gasteiger partial charge is 0.497 e. The SMILES string of the molecule is COc1ccc(-c2cc(-c3ccc(OC)cc3)c3ccc4c(-c5cc([Si](C)(C)C)cc([Si](C)(C)C)c5)cc(-c5ccc(OC)cc5)c5ccc2c3c54)cc1. The Bertz CT molecular complexity index is 2550. The lowest BCUT2D eigenvalue weighted by molar-refractivity contribution is 0.415. The first kappa shape index (κ1) is 35.7. The minimum atomic E-state index is -1.64. The minimum Gasteiger partial charge on any atom is -0.497 e. The van der Waals surface area contributed by atoms with E-state index in [1.54, 1.807) is 21.3 Å². The molecule has 0 fully saturated rings. The summed E-state index contributed by atoms with van der Waals surface area (Å²) in [4.78, 5) is 0. The van der Waals surface area contributed by atoms with Crippen LogP contribution in [0.25, 0.3) is 76.8 Å². The van der Waals surface area contributed by atoms with Gasteiger partial charge in [-0.1, -0.05) is 129 Å². The van der Waals surface area contributed by atoms with Crippen molar-refractivity contribution in [3.63, 3.8) is 0 Å². The molecule has 5 heteroatoms. The molecule has 0 bridgehead atoms. The van der Waals surface area contributed by atoms with Crippen LogP contribution in [0.1, 0.15) is 0 Å². The van der Waals surface area contributed by atoms with Crippen LogP contribution in [0.3, 0.4) is 0 Å². The third kappa shape index (κ3) is 6.25. The molecule has 3 nitrogen and oxygen atoms in total. The first-order valence-electron chi connectivity index (χ1n) is 18.8. The molecule has 0 saturated carbocycles. The standard InChI is InChI=1S/C49H48O3Si2/c1-50-35-16-10-31(11-17-35)44-29-45(32-12-18-36(51-2)19-13-32)41-24-25-43-47(34-26-38(53(4,5)6)28-39(27-34)54(7,8)9)30-46(33-14-20-37(52-3)21-15-33)42-23-22-40(44)48(41)49(42)43/h10-30H,1-9H3. The van der Waals surface area contributed by atoms with Crippen LogP contribution in [0.2, 0.25) is 39.3 Å². The van der Waals surface area contributed by atoms with E-state index in [1.807, 2.05) is 0 Å². The second kappa shape index (κ2) is 13.5. The fraction of sp³-hybridized carbons (Fsp3) is 0.184. The van der Waals surface area contributed by atoms with Crippen LogP contribution in [0.15, 0.2) is 127 Å². The lowest BCUT2D eigenvalue weighted by Crippen LogP contribution is -2.45. The summed E-state index contributed by atoms with van der Waals surface area (Å²) in [5.74, 6) is 2.55. The van der Waals surface area contributed by atoms with Crippen molar-refractivity contribution in [1.82, 2.24) is 0 Å². The van der Waals surface area contributed by atoms with Crippen LogP contribution in [0.4, 0.5) is 0 Å². The molecule has 0 aliphatic rings. The third-order valence-electron chi connectivity index (χ3n) is 11.1. The van der Waals surface area contributed by atoms with Gasteiger partial charge in [-0.25, -0.2) is 0 Å². The average molecular weight is 741 g/mol. The maximum Gasteiger partial charge on any atom is 0.118 e. The van der Waals surface area contributed by atoms with Crippen molar-refractivity contribution < 1.29 is 14.2 Å². The predicted molar refractivity (Wildman–Crippen MR) is 238 cm³/mol. The van der Waals surface area contributed by atoms with E-state index in [9.17, 15) is 0 Å². The molecule has 0 atom stereocenters. The van der Waals surface area contributed by atoms with E-state index in [0.29, 0.717) is 0 Å². The summed E-state index contributed by atoms with van der Waals surface area (Å²) in [7, 11) is 1.89. The highest BCUT2D eigenvalue weighted by molar-refractivity contribution is 6.91. The number of hydrogen-bond donors (Lipinski definition) is 0. The van der Waals surface area contributed by atoms with Gasteiger partial charge in [0.15, 0.2) is 0 Å². The van der Waals surface area contributed by atoms with Gasteiger partial charge in [0.2, 0.25) is 0 Å².